The Morgan fingerprint density at radius 1 is 1.36 bits per heavy atom. The van der Waals surface area contributed by atoms with Gasteiger partial charge in [0.25, 0.3) is 0 Å². The number of halogens is 1. The molecule has 0 aliphatic heterocycles. The molecule has 1 N–H and O–H groups in total. The molecule has 0 aliphatic rings. The van der Waals surface area contributed by atoms with Crippen LogP contribution in [-0.2, 0) is 0 Å². The maximum atomic E-state index is 5.72. The highest BCUT2D eigenvalue weighted by molar-refractivity contribution is 7.99. The van der Waals surface area contributed by atoms with E-state index in [1.54, 1.807) is 11.8 Å². The fraction of sp³-hybridized carbons (Fsp3) is 0.250. The van der Waals surface area contributed by atoms with Crippen molar-refractivity contribution in [2.75, 3.05) is 12.9 Å². The van der Waals surface area contributed by atoms with Gasteiger partial charge in [-0.25, -0.2) is 0 Å². The van der Waals surface area contributed by atoms with Crippen LogP contribution in [0.1, 0.15) is 0 Å². The topological polar surface area (TPSA) is 12.0 Å². The maximum Gasteiger partial charge on any atom is 0.0463 e. The van der Waals surface area contributed by atoms with Crippen molar-refractivity contribution in [1.29, 1.82) is 0 Å². The van der Waals surface area contributed by atoms with Crippen molar-refractivity contribution in [1.82, 2.24) is 5.32 Å². The van der Waals surface area contributed by atoms with Gasteiger partial charge in [0.2, 0.25) is 0 Å². The minimum Gasteiger partial charge on any atom is -0.311 e. The number of nitrogens with one attached hydrogen (secondary N) is 1. The van der Waals surface area contributed by atoms with Crippen molar-refractivity contribution in [3.63, 3.8) is 0 Å². The molecule has 0 amide bonds. The Morgan fingerprint density at radius 2 is 2.00 bits per heavy atom. The SMILES string of the molecule is CNCSc1ccc(Cl)cc1. The second-order valence-corrected chi connectivity index (χ2v) is 3.58. The lowest BCUT2D eigenvalue weighted by molar-refractivity contribution is 0.982. The molecule has 60 valence electrons. The molecule has 0 spiro atoms. The maximum absolute atomic E-state index is 5.72. The molecule has 0 saturated heterocycles. The minimum absolute atomic E-state index is 0.791. The molecular formula is C8H10ClNS. The summed E-state index contributed by atoms with van der Waals surface area (Å²) in [6.45, 7) is 0. The van der Waals surface area contributed by atoms with Gasteiger partial charge in [0.05, 0.1) is 0 Å². The van der Waals surface area contributed by atoms with Crippen molar-refractivity contribution >= 4 is 23.4 Å². The van der Waals surface area contributed by atoms with Crippen LogP contribution in [0.4, 0.5) is 0 Å². The van der Waals surface area contributed by atoms with Crippen molar-refractivity contribution in [3.8, 4) is 0 Å². The Kier molecular flexibility index (Phi) is 3.77. The van der Waals surface area contributed by atoms with Gasteiger partial charge in [-0.1, -0.05) is 11.6 Å². The summed E-state index contributed by atoms with van der Waals surface area (Å²) in [7, 11) is 1.93. The molecule has 0 bridgehead atoms. The first-order chi connectivity index (χ1) is 5.33. The van der Waals surface area contributed by atoms with E-state index in [-0.39, 0.29) is 0 Å². The summed E-state index contributed by atoms with van der Waals surface area (Å²) in [6, 6.07) is 7.84. The quantitative estimate of drug-likeness (QED) is 0.577. The highest BCUT2D eigenvalue weighted by atomic mass is 35.5. The predicted octanol–water partition coefficient (Wildman–Crippen LogP) is 2.61. The monoisotopic (exact) mass is 187 g/mol. The first-order valence-electron chi connectivity index (χ1n) is 3.36. The standard InChI is InChI=1S/C8H10ClNS/c1-10-6-11-8-4-2-7(9)3-5-8/h2-5,10H,6H2,1H3. The third-order valence-electron chi connectivity index (χ3n) is 1.20. The van der Waals surface area contributed by atoms with Crippen LogP contribution in [0.5, 0.6) is 0 Å². The van der Waals surface area contributed by atoms with Crippen molar-refractivity contribution in [2.45, 2.75) is 4.90 Å². The van der Waals surface area contributed by atoms with E-state index in [0.29, 0.717) is 0 Å². The molecule has 0 heterocycles. The van der Waals surface area contributed by atoms with E-state index in [0.717, 1.165) is 10.9 Å². The molecule has 1 aromatic carbocycles. The van der Waals surface area contributed by atoms with Crippen LogP contribution in [0, 0.1) is 0 Å². The Morgan fingerprint density at radius 3 is 2.55 bits per heavy atom. The smallest absolute Gasteiger partial charge is 0.0463 e. The Balaban J connectivity index is 2.52. The molecule has 1 rings (SSSR count). The molecule has 0 unspecified atom stereocenters. The van der Waals surface area contributed by atoms with Crippen molar-refractivity contribution < 1.29 is 0 Å². The number of hydrogen-bond donors (Lipinski definition) is 1. The lowest BCUT2D eigenvalue weighted by Gasteiger charge is -1.99. The zero-order valence-corrected chi connectivity index (χ0v) is 7.88. The number of rotatable bonds is 3. The minimum atomic E-state index is 0.791. The van der Waals surface area contributed by atoms with Gasteiger partial charge >= 0.3 is 0 Å². The Bertz CT molecular complexity index is 210. The van der Waals surface area contributed by atoms with E-state index >= 15 is 0 Å². The molecule has 0 aromatic heterocycles. The highest BCUT2D eigenvalue weighted by Crippen LogP contribution is 2.18. The van der Waals surface area contributed by atoms with Gasteiger partial charge in [0.1, 0.15) is 0 Å². The zero-order valence-electron chi connectivity index (χ0n) is 6.30. The number of hydrogen-bond acceptors (Lipinski definition) is 2. The first-order valence-corrected chi connectivity index (χ1v) is 4.72. The second kappa shape index (κ2) is 4.65. The van der Waals surface area contributed by atoms with Crippen LogP contribution in [0.3, 0.4) is 0 Å². The number of thioether (sulfide) groups is 1. The van der Waals surface area contributed by atoms with Gasteiger partial charge in [0, 0.05) is 15.8 Å². The second-order valence-electron chi connectivity index (χ2n) is 2.10. The van der Waals surface area contributed by atoms with Gasteiger partial charge < -0.3 is 5.32 Å². The molecule has 0 atom stereocenters. The van der Waals surface area contributed by atoms with Crippen LogP contribution in [-0.4, -0.2) is 12.9 Å². The summed E-state index contributed by atoms with van der Waals surface area (Å²) < 4.78 is 0. The molecule has 11 heavy (non-hydrogen) atoms. The summed E-state index contributed by atoms with van der Waals surface area (Å²) in [5, 5.41) is 3.85. The molecule has 0 aliphatic carbocycles. The van der Waals surface area contributed by atoms with E-state index in [2.05, 4.69) is 5.32 Å². The molecule has 3 heteroatoms. The summed E-state index contributed by atoms with van der Waals surface area (Å²) >= 11 is 7.48. The Hall–Kier alpha value is -0.180. The van der Waals surface area contributed by atoms with E-state index < -0.39 is 0 Å². The fourth-order valence-electron chi connectivity index (χ4n) is 0.686. The van der Waals surface area contributed by atoms with Crippen LogP contribution in [0.2, 0.25) is 5.02 Å². The molecule has 1 aromatic rings. The van der Waals surface area contributed by atoms with Crippen molar-refractivity contribution in [2.24, 2.45) is 0 Å². The molecule has 0 saturated carbocycles. The van der Waals surface area contributed by atoms with Crippen LogP contribution < -0.4 is 5.32 Å². The van der Waals surface area contributed by atoms with E-state index in [1.165, 1.54) is 4.90 Å². The van der Waals surface area contributed by atoms with Gasteiger partial charge in [-0.15, -0.1) is 11.8 Å². The lowest BCUT2D eigenvalue weighted by Crippen LogP contribution is -2.02. The summed E-state index contributed by atoms with van der Waals surface area (Å²) in [6.07, 6.45) is 0. The molecule has 0 fully saturated rings. The molecular weight excluding hydrogens is 178 g/mol. The van der Waals surface area contributed by atoms with Gasteiger partial charge in [-0.3, -0.25) is 0 Å². The third-order valence-corrected chi connectivity index (χ3v) is 2.49. The first kappa shape index (κ1) is 8.91. The van der Waals surface area contributed by atoms with Crippen LogP contribution in [0.25, 0.3) is 0 Å². The summed E-state index contributed by atoms with van der Waals surface area (Å²) in [4.78, 5) is 1.24. The van der Waals surface area contributed by atoms with E-state index in [9.17, 15) is 0 Å². The molecule has 1 nitrogen and oxygen atoms in total. The average molecular weight is 188 g/mol. The average Bonchev–Trinajstić information content (AvgIpc) is 2.04. The van der Waals surface area contributed by atoms with E-state index in [4.69, 9.17) is 11.6 Å². The number of benzene rings is 1. The third kappa shape index (κ3) is 3.14. The van der Waals surface area contributed by atoms with Gasteiger partial charge in [-0.05, 0) is 31.3 Å². The van der Waals surface area contributed by atoms with E-state index in [1.807, 2.05) is 31.3 Å². The van der Waals surface area contributed by atoms with Gasteiger partial charge in [-0.2, -0.15) is 0 Å². The summed E-state index contributed by atoms with van der Waals surface area (Å²) in [5.41, 5.74) is 0. The normalized spacial score (nSPS) is 10.0. The van der Waals surface area contributed by atoms with Gasteiger partial charge in [0.15, 0.2) is 0 Å². The van der Waals surface area contributed by atoms with Crippen molar-refractivity contribution in [3.05, 3.63) is 29.3 Å². The molecule has 0 radical (unpaired) electrons. The lowest BCUT2D eigenvalue weighted by atomic mass is 10.4. The van der Waals surface area contributed by atoms with Crippen LogP contribution in [0.15, 0.2) is 29.2 Å². The van der Waals surface area contributed by atoms with Crippen LogP contribution >= 0.6 is 23.4 Å². The zero-order chi connectivity index (χ0) is 8.10. The Labute approximate surface area is 76.1 Å². The largest absolute Gasteiger partial charge is 0.311 e. The fourth-order valence-corrected chi connectivity index (χ4v) is 1.45. The summed E-state index contributed by atoms with van der Waals surface area (Å²) in [5.74, 6) is 0.932. The highest BCUT2D eigenvalue weighted by Gasteiger charge is 1.91. The predicted molar refractivity (Wildman–Crippen MR) is 51.2 cm³/mol.